The molecule has 0 bridgehead atoms. The van der Waals surface area contributed by atoms with E-state index in [-0.39, 0.29) is 11.6 Å². The van der Waals surface area contributed by atoms with E-state index in [1.807, 2.05) is 0 Å². The van der Waals surface area contributed by atoms with Crippen molar-refractivity contribution < 1.29 is 4.79 Å². The van der Waals surface area contributed by atoms with Gasteiger partial charge in [0.15, 0.2) is 0 Å². The summed E-state index contributed by atoms with van der Waals surface area (Å²) in [5.74, 6) is 4.90. The Kier molecular flexibility index (Phi) is 3.03. The number of nitrogens with one attached hydrogen (secondary N) is 2. The first-order chi connectivity index (χ1) is 7.79. The van der Waals surface area contributed by atoms with Crippen LogP contribution in [0.4, 0.5) is 10.7 Å². The predicted molar refractivity (Wildman–Crippen MR) is 59.9 cm³/mol. The van der Waals surface area contributed by atoms with Gasteiger partial charge < -0.3 is 10.7 Å². The normalized spacial score (nSPS) is 9.81. The lowest BCUT2D eigenvalue weighted by Crippen LogP contribution is -2.14. The quantitative estimate of drug-likeness (QED) is 0.528. The van der Waals surface area contributed by atoms with E-state index in [2.05, 4.69) is 25.3 Å². The second-order valence-electron chi connectivity index (χ2n) is 2.81. The van der Waals surface area contributed by atoms with Crippen molar-refractivity contribution in [3.8, 4) is 0 Å². The molecule has 0 aliphatic heterocycles. The maximum atomic E-state index is 11.7. The lowest BCUT2D eigenvalue weighted by molar-refractivity contribution is 0.102. The molecule has 2 aromatic rings. The summed E-state index contributed by atoms with van der Waals surface area (Å²) >= 11 is 1.09. The highest BCUT2D eigenvalue weighted by atomic mass is 32.1. The smallest absolute Gasteiger partial charge is 0.275 e. The summed E-state index contributed by atoms with van der Waals surface area (Å²) in [7, 11) is 0. The summed E-state index contributed by atoms with van der Waals surface area (Å²) in [6, 6.07) is 3.20. The molecule has 8 heteroatoms. The summed E-state index contributed by atoms with van der Waals surface area (Å²) in [5, 5.41) is 6.78. The Bertz CT molecular complexity index is 485. The number of pyridine rings is 1. The minimum atomic E-state index is -0.330. The Morgan fingerprint density at radius 3 is 3.06 bits per heavy atom. The second kappa shape index (κ2) is 4.64. The minimum Gasteiger partial charge on any atom is -0.324 e. The van der Waals surface area contributed by atoms with Crippen LogP contribution in [0.5, 0.6) is 0 Å². The Labute approximate surface area is 94.8 Å². The van der Waals surface area contributed by atoms with Crippen LogP contribution in [0.3, 0.4) is 0 Å². The van der Waals surface area contributed by atoms with Crippen LogP contribution in [0, 0.1) is 0 Å². The third-order valence-corrected chi connectivity index (χ3v) is 2.34. The van der Waals surface area contributed by atoms with Gasteiger partial charge >= 0.3 is 0 Å². The number of nitrogens with two attached hydrogens (primary N) is 1. The summed E-state index contributed by atoms with van der Waals surface area (Å²) in [6.45, 7) is 0. The van der Waals surface area contributed by atoms with Crippen molar-refractivity contribution in [1.82, 2.24) is 14.6 Å². The van der Waals surface area contributed by atoms with Crippen LogP contribution in [0.25, 0.3) is 0 Å². The third kappa shape index (κ3) is 2.30. The van der Waals surface area contributed by atoms with E-state index < -0.39 is 0 Å². The second-order valence-corrected chi connectivity index (χ2v) is 3.60. The Balaban J connectivity index is 2.14. The van der Waals surface area contributed by atoms with Crippen molar-refractivity contribution in [2.75, 3.05) is 10.7 Å². The first-order valence-electron chi connectivity index (χ1n) is 4.31. The average molecular weight is 236 g/mol. The molecule has 0 aliphatic rings. The molecule has 0 atom stereocenters. The highest BCUT2D eigenvalue weighted by Crippen LogP contribution is 2.12. The SMILES string of the molecule is NNc1ccnc(C(=O)Nc2cnns2)c1. The number of carbonyl (C=O) groups is 1. The Hall–Kier alpha value is -2.06. The van der Waals surface area contributed by atoms with E-state index in [0.29, 0.717) is 10.7 Å². The molecule has 0 aliphatic carbocycles. The molecule has 0 saturated heterocycles. The average Bonchev–Trinajstić information content (AvgIpc) is 2.82. The first-order valence-corrected chi connectivity index (χ1v) is 5.08. The Morgan fingerprint density at radius 2 is 2.38 bits per heavy atom. The zero-order chi connectivity index (χ0) is 11.4. The van der Waals surface area contributed by atoms with Gasteiger partial charge in [0, 0.05) is 17.7 Å². The number of hydrazine groups is 1. The first kappa shape index (κ1) is 10.5. The van der Waals surface area contributed by atoms with Crippen LogP contribution in [-0.2, 0) is 0 Å². The molecule has 2 rings (SSSR count). The molecular weight excluding hydrogens is 228 g/mol. The monoisotopic (exact) mass is 236 g/mol. The molecule has 16 heavy (non-hydrogen) atoms. The molecule has 0 saturated carbocycles. The number of amides is 1. The number of hydrogen-bond donors (Lipinski definition) is 3. The van der Waals surface area contributed by atoms with Gasteiger partial charge in [0.25, 0.3) is 5.91 Å². The molecule has 0 unspecified atom stereocenters. The van der Waals surface area contributed by atoms with Gasteiger partial charge in [-0.2, -0.15) is 0 Å². The molecular formula is C8H8N6OS. The van der Waals surface area contributed by atoms with Gasteiger partial charge in [-0.1, -0.05) is 4.49 Å². The largest absolute Gasteiger partial charge is 0.324 e. The van der Waals surface area contributed by atoms with Crippen LogP contribution < -0.4 is 16.6 Å². The molecule has 4 N–H and O–H groups in total. The third-order valence-electron chi connectivity index (χ3n) is 1.76. The van der Waals surface area contributed by atoms with Crippen LogP contribution in [0.1, 0.15) is 10.5 Å². The maximum absolute atomic E-state index is 11.7. The van der Waals surface area contributed by atoms with Crippen molar-refractivity contribution in [1.29, 1.82) is 0 Å². The molecule has 0 radical (unpaired) electrons. The standard InChI is InChI=1S/C8H8N6OS/c9-13-5-1-2-10-6(3-5)8(15)12-7-4-11-14-16-7/h1-4H,9H2,(H,10,13)(H,12,15). The number of anilines is 2. The molecule has 2 heterocycles. The molecule has 0 fully saturated rings. The van der Waals surface area contributed by atoms with E-state index >= 15 is 0 Å². The molecule has 82 valence electrons. The van der Waals surface area contributed by atoms with Gasteiger partial charge in [0.2, 0.25) is 0 Å². The van der Waals surface area contributed by atoms with Gasteiger partial charge in [-0.25, -0.2) is 0 Å². The predicted octanol–water partition coefficient (Wildman–Crippen LogP) is 0.471. The van der Waals surface area contributed by atoms with Crippen LogP contribution in [-0.4, -0.2) is 20.5 Å². The van der Waals surface area contributed by atoms with E-state index in [1.54, 1.807) is 12.1 Å². The number of nitrogen functional groups attached to an aromatic ring is 1. The van der Waals surface area contributed by atoms with Gasteiger partial charge in [0.05, 0.1) is 11.9 Å². The van der Waals surface area contributed by atoms with E-state index in [9.17, 15) is 4.79 Å². The number of hydrogen-bond acceptors (Lipinski definition) is 7. The lowest BCUT2D eigenvalue weighted by atomic mass is 10.3. The molecule has 0 spiro atoms. The van der Waals surface area contributed by atoms with E-state index in [1.165, 1.54) is 12.4 Å². The molecule has 1 amide bonds. The van der Waals surface area contributed by atoms with Crippen LogP contribution in [0.2, 0.25) is 0 Å². The minimum absolute atomic E-state index is 0.267. The molecule has 0 aromatic carbocycles. The topological polar surface area (TPSA) is 106 Å². The highest BCUT2D eigenvalue weighted by molar-refractivity contribution is 7.10. The lowest BCUT2D eigenvalue weighted by Gasteiger charge is -2.03. The number of rotatable bonds is 3. The fraction of sp³-hybridized carbons (Fsp3) is 0. The van der Waals surface area contributed by atoms with E-state index in [4.69, 9.17) is 5.84 Å². The highest BCUT2D eigenvalue weighted by Gasteiger charge is 2.09. The fourth-order valence-electron chi connectivity index (χ4n) is 1.04. The van der Waals surface area contributed by atoms with Crippen molar-refractivity contribution in [2.45, 2.75) is 0 Å². The Morgan fingerprint density at radius 1 is 1.50 bits per heavy atom. The molecule has 2 aromatic heterocycles. The molecule has 7 nitrogen and oxygen atoms in total. The van der Waals surface area contributed by atoms with E-state index in [0.717, 1.165) is 11.5 Å². The summed E-state index contributed by atoms with van der Waals surface area (Å²) in [5.41, 5.74) is 3.32. The van der Waals surface area contributed by atoms with Gasteiger partial charge in [-0.05, 0) is 12.1 Å². The number of nitrogens with zero attached hydrogens (tertiary/aromatic N) is 3. The van der Waals surface area contributed by atoms with Gasteiger partial charge in [0.1, 0.15) is 10.7 Å². The van der Waals surface area contributed by atoms with Gasteiger partial charge in [-0.15, -0.1) is 5.10 Å². The summed E-state index contributed by atoms with van der Waals surface area (Å²) in [4.78, 5) is 15.6. The van der Waals surface area contributed by atoms with Crippen molar-refractivity contribution in [2.24, 2.45) is 5.84 Å². The van der Waals surface area contributed by atoms with Crippen molar-refractivity contribution in [3.63, 3.8) is 0 Å². The maximum Gasteiger partial charge on any atom is 0.275 e. The van der Waals surface area contributed by atoms with Crippen LogP contribution >= 0.6 is 11.5 Å². The number of carbonyl (C=O) groups excluding carboxylic acids is 1. The zero-order valence-corrected chi connectivity index (χ0v) is 8.86. The van der Waals surface area contributed by atoms with Gasteiger partial charge in [-0.3, -0.25) is 15.6 Å². The van der Waals surface area contributed by atoms with Crippen molar-refractivity contribution >= 4 is 28.1 Å². The van der Waals surface area contributed by atoms with Crippen molar-refractivity contribution in [3.05, 3.63) is 30.2 Å². The summed E-state index contributed by atoms with van der Waals surface area (Å²) in [6.07, 6.45) is 2.96. The number of aromatic nitrogens is 3. The fourth-order valence-corrected chi connectivity index (χ4v) is 1.46. The van der Waals surface area contributed by atoms with Crippen LogP contribution in [0.15, 0.2) is 24.5 Å². The summed E-state index contributed by atoms with van der Waals surface area (Å²) < 4.78 is 3.63. The zero-order valence-electron chi connectivity index (χ0n) is 8.04.